The highest BCUT2D eigenvalue weighted by atomic mass is 16.5. The Bertz CT molecular complexity index is 1300. The number of fused-ring (bicyclic) bond motifs is 2. The summed E-state index contributed by atoms with van der Waals surface area (Å²) in [5.41, 5.74) is 3.32. The lowest BCUT2D eigenvalue weighted by Gasteiger charge is -2.19. The van der Waals surface area contributed by atoms with Crippen LogP contribution in [0.3, 0.4) is 0 Å². The average Bonchev–Trinajstić information content (AvgIpc) is 2.73. The summed E-state index contributed by atoms with van der Waals surface area (Å²) < 4.78 is 11.0. The Kier molecular flexibility index (Phi) is 4.87. The summed E-state index contributed by atoms with van der Waals surface area (Å²) in [7, 11) is 3.09. The molecule has 1 heterocycles. The normalized spacial score (nSPS) is 11.2. The van der Waals surface area contributed by atoms with Gasteiger partial charge in [-0.15, -0.1) is 0 Å². The molecule has 3 aromatic carbocycles. The van der Waals surface area contributed by atoms with Crippen LogP contribution in [-0.2, 0) is 6.61 Å². The summed E-state index contributed by atoms with van der Waals surface area (Å²) in [4.78, 5) is 4.45. The third kappa shape index (κ3) is 2.88. The van der Waals surface area contributed by atoms with Crippen molar-refractivity contribution in [2.75, 3.05) is 14.2 Å². The molecule has 3 N–H and O–H groups in total. The van der Waals surface area contributed by atoms with E-state index in [1.807, 2.05) is 26.0 Å². The Labute approximate surface area is 174 Å². The van der Waals surface area contributed by atoms with Crippen molar-refractivity contribution in [3.8, 4) is 34.1 Å². The van der Waals surface area contributed by atoms with E-state index in [9.17, 15) is 15.3 Å². The van der Waals surface area contributed by atoms with Crippen LogP contribution < -0.4 is 9.47 Å². The number of aromatic nitrogens is 1. The summed E-state index contributed by atoms with van der Waals surface area (Å²) >= 11 is 0. The number of aliphatic hydroxyl groups is 1. The van der Waals surface area contributed by atoms with Crippen LogP contribution in [0.5, 0.6) is 23.0 Å². The molecule has 0 radical (unpaired) electrons. The second-order valence-electron chi connectivity index (χ2n) is 7.22. The van der Waals surface area contributed by atoms with Crippen LogP contribution in [0.1, 0.15) is 17.0 Å². The van der Waals surface area contributed by atoms with E-state index in [-0.39, 0.29) is 18.1 Å². The molecule has 0 amide bonds. The third-order valence-corrected chi connectivity index (χ3v) is 5.44. The Morgan fingerprint density at radius 1 is 0.833 bits per heavy atom. The number of rotatable bonds is 4. The van der Waals surface area contributed by atoms with Crippen molar-refractivity contribution >= 4 is 21.5 Å². The first-order valence-electron chi connectivity index (χ1n) is 9.52. The molecule has 0 fully saturated rings. The molecule has 0 saturated carbocycles. The van der Waals surface area contributed by atoms with Gasteiger partial charge in [-0.1, -0.05) is 12.1 Å². The highest BCUT2D eigenvalue weighted by Crippen LogP contribution is 2.48. The van der Waals surface area contributed by atoms with Crippen molar-refractivity contribution in [1.82, 2.24) is 4.98 Å². The first-order valence-corrected chi connectivity index (χ1v) is 9.52. The predicted octanol–water partition coefficient (Wildman–Crippen LogP) is 4.59. The lowest BCUT2D eigenvalue weighted by atomic mass is 9.88. The highest BCUT2D eigenvalue weighted by Gasteiger charge is 2.22. The molecule has 0 atom stereocenters. The van der Waals surface area contributed by atoms with Gasteiger partial charge in [-0.05, 0) is 48.6 Å². The topological polar surface area (TPSA) is 92.0 Å². The Morgan fingerprint density at radius 2 is 1.57 bits per heavy atom. The molecule has 4 aromatic rings. The lowest BCUT2D eigenvalue weighted by Crippen LogP contribution is -1.99. The molecule has 6 heteroatoms. The van der Waals surface area contributed by atoms with Gasteiger partial charge in [0.2, 0.25) is 0 Å². The number of hydrogen-bond donors (Lipinski definition) is 3. The first-order chi connectivity index (χ1) is 14.4. The van der Waals surface area contributed by atoms with E-state index in [1.165, 1.54) is 0 Å². The van der Waals surface area contributed by atoms with E-state index >= 15 is 0 Å². The molecule has 0 spiro atoms. The van der Waals surface area contributed by atoms with Gasteiger partial charge in [0.25, 0.3) is 0 Å². The maximum Gasteiger partial charge on any atom is 0.132 e. The van der Waals surface area contributed by atoms with Crippen molar-refractivity contribution < 1.29 is 24.8 Å². The number of aliphatic hydroxyl groups excluding tert-OH is 1. The van der Waals surface area contributed by atoms with Gasteiger partial charge in [0.15, 0.2) is 0 Å². The Hall–Kier alpha value is -3.51. The number of methoxy groups -OCH3 is 2. The van der Waals surface area contributed by atoms with Crippen molar-refractivity contribution in [1.29, 1.82) is 0 Å². The van der Waals surface area contributed by atoms with Crippen LogP contribution in [0.15, 0.2) is 36.4 Å². The number of hydrogen-bond acceptors (Lipinski definition) is 6. The van der Waals surface area contributed by atoms with E-state index in [4.69, 9.17) is 9.47 Å². The minimum Gasteiger partial charge on any atom is -0.507 e. The zero-order chi connectivity index (χ0) is 21.6. The molecule has 0 bridgehead atoms. The predicted molar refractivity (Wildman–Crippen MR) is 117 cm³/mol. The van der Waals surface area contributed by atoms with Crippen LogP contribution in [0, 0.1) is 13.8 Å². The number of pyridine rings is 1. The van der Waals surface area contributed by atoms with E-state index in [0.717, 1.165) is 21.9 Å². The molecular formula is C24H23NO5. The van der Waals surface area contributed by atoms with Crippen molar-refractivity contribution in [3.63, 3.8) is 0 Å². The standard InChI is InChI=1S/C24H23NO5/c1-12-8-17(27)23-15(6-5-7-19(23)29-3)21(12)24-16-9-14(11-26)25-13(2)22(16)20(30-4)10-18(24)28/h5-10,26-28H,11H2,1-4H3. The summed E-state index contributed by atoms with van der Waals surface area (Å²) in [5, 5.41) is 34.2. The minimum absolute atomic E-state index is 0.0340. The number of aromatic hydroxyl groups is 2. The second kappa shape index (κ2) is 7.39. The highest BCUT2D eigenvalue weighted by molar-refractivity contribution is 6.13. The van der Waals surface area contributed by atoms with E-state index in [2.05, 4.69) is 4.98 Å². The molecule has 30 heavy (non-hydrogen) atoms. The van der Waals surface area contributed by atoms with Gasteiger partial charge in [0.1, 0.15) is 23.0 Å². The lowest BCUT2D eigenvalue weighted by molar-refractivity contribution is 0.277. The molecule has 0 aliphatic heterocycles. The summed E-state index contributed by atoms with van der Waals surface area (Å²) in [6, 6.07) is 10.5. The number of phenols is 2. The molecule has 0 unspecified atom stereocenters. The Balaban J connectivity index is 2.25. The quantitative estimate of drug-likeness (QED) is 0.460. The fraction of sp³-hybridized carbons (Fsp3) is 0.208. The molecule has 4 rings (SSSR count). The zero-order valence-corrected chi connectivity index (χ0v) is 17.3. The molecule has 6 nitrogen and oxygen atoms in total. The van der Waals surface area contributed by atoms with Crippen molar-refractivity contribution in [3.05, 3.63) is 53.3 Å². The van der Waals surface area contributed by atoms with E-state index in [1.54, 1.807) is 38.5 Å². The summed E-state index contributed by atoms with van der Waals surface area (Å²) in [6.45, 7) is 3.50. The first kappa shape index (κ1) is 19.8. The molecule has 1 aromatic heterocycles. The molecule has 0 aliphatic carbocycles. The zero-order valence-electron chi connectivity index (χ0n) is 17.3. The minimum atomic E-state index is -0.225. The molecular weight excluding hydrogens is 382 g/mol. The van der Waals surface area contributed by atoms with Crippen molar-refractivity contribution in [2.45, 2.75) is 20.5 Å². The summed E-state index contributed by atoms with van der Waals surface area (Å²) in [5.74, 6) is 1.18. The van der Waals surface area contributed by atoms with Crippen LogP contribution >= 0.6 is 0 Å². The van der Waals surface area contributed by atoms with Gasteiger partial charge in [0, 0.05) is 28.1 Å². The third-order valence-electron chi connectivity index (χ3n) is 5.44. The summed E-state index contributed by atoms with van der Waals surface area (Å²) in [6.07, 6.45) is 0. The largest absolute Gasteiger partial charge is 0.507 e. The second-order valence-corrected chi connectivity index (χ2v) is 7.22. The monoisotopic (exact) mass is 405 g/mol. The number of nitrogens with zero attached hydrogens (tertiary/aromatic N) is 1. The maximum absolute atomic E-state index is 11.1. The van der Waals surface area contributed by atoms with Crippen LogP contribution in [0.4, 0.5) is 0 Å². The van der Waals surface area contributed by atoms with Gasteiger partial charge in [-0.2, -0.15) is 0 Å². The van der Waals surface area contributed by atoms with Gasteiger partial charge in [0.05, 0.1) is 31.9 Å². The van der Waals surface area contributed by atoms with Gasteiger partial charge in [-0.3, -0.25) is 4.98 Å². The fourth-order valence-electron chi connectivity index (χ4n) is 4.22. The number of ether oxygens (including phenoxy) is 2. The SMILES string of the molecule is COc1cccc2c(-c3c(O)cc(OC)c4c(C)nc(CO)cc34)c(C)cc(O)c12. The van der Waals surface area contributed by atoms with Gasteiger partial charge >= 0.3 is 0 Å². The maximum atomic E-state index is 11.1. The Morgan fingerprint density at radius 3 is 2.23 bits per heavy atom. The van der Waals surface area contributed by atoms with Crippen molar-refractivity contribution in [2.24, 2.45) is 0 Å². The van der Waals surface area contributed by atoms with Gasteiger partial charge in [-0.25, -0.2) is 0 Å². The molecule has 0 saturated heterocycles. The van der Waals surface area contributed by atoms with E-state index in [0.29, 0.717) is 39.2 Å². The smallest absolute Gasteiger partial charge is 0.132 e. The number of phenolic OH excluding ortho intramolecular Hbond substituents is 2. The molecule has 154 valence electrons. The van der Waals surface area contributed by atoms with Crippen LogP contribution in [0.2, 0.25) is 0 Å². The van der Waals surface area contributed by atoms with E-state index < -0.39 is 0 Å². The molecule has 0 aliphatic rings. The average molecular weight is 405 g/mol. The number of benzene rings is 3. The van der Waals surface area contributed by atoms with Gasteiger partial charge < -0.3 is 24.8 Å². The van der Waals surface area contributed by atoms with Crippen LogP contribution in [-0.4, -0.2) is 34.5 Å². The van der Waals surface area contributed by atoms with Crippen LogP contribution in [0.25, 0.3) is 32.7 Å². The fourth-order valence-corrected chi connectivity index (χ4v) is 4.22. The number of aryl methyl sites for hydroxylation is 2.